The Morgan fingerprint density at radius 1 is 1.02 bits per heavy atom. The number of ether oxygens (including phenoxy) is 2. The number of rotatable bonds is 12. The lowest BCUT2D eigenvalue weighted by atomic mass is 9.44. The smallest absolute Gasteiger partial charge is 0.305 e. The maximum absolute atomic E-state index is 12.5. The average Bonchev–Trinajstić information content (AvgIpc) is 3.20. The summed E-state index contributed by atoms with van der Waals surface area (Å²) >= 11 is 0. The van der Waals surface area contributed by atoms with Crippen molar-refractivity contribution in [3.05, 3.63) is 41.5 Å². The molecule has 1 aromatic rings. The molecular weight excluding hydrogens is 524 g/mol. The fourth-order valence-corrected chi connectivity index (χ4v) is 9.57. The number of carbonyl (C=O) groups is 2. The molecule has 5 heteroatoms. The number of unbranched alkanes of at least 4 members (excludes halogenated alkanes) is 2. The molecule has 0 spiro atoms. The molecule has 0 heterocycles. The molecule has 0 radical (unpaired) electrons. The second-order valence-corrected chi connectivity index (χ2v) is 14.6. The maximum atomic E-state index is 12.5. The summed E-state index contributed by atoms with van der Waals surface area (Å²) in [7, 11) is 0. The van der Waals surface area contributed by atoms with Crippen LogP contribution in [0.5, 0.6) is 5.75 Å². The monoisotopic (exact) mass is 578 g/mol. The third-order valence-corrected chi connectivity index (χ3v) is 12.2. The lowest BCUT2D eigenvalue weighted by Crippen LogP contribution is -2.56. The zero-order valence-electron chi connectivity index (χ0n) is 26.6. The number of hydrogen-bond donors (Lipinski definition) is 1. The molecular formula is C37H54O5. The molecule has 4 aliphatic carbocycles. The molecule has 1 N–H and O–H groups in total. The number of hydrogen-bond acceptors (Lipinski definition) is 5. The highest BCUT2D eigenvalue weighted by atomic mass is 16.5. The number of esters is 1. The Labute approximate surface area is 253 Å². The summed E-state index contributed by atoms with van der Waals surface area (Å²) in [6, 6.07) is 8.46. The Morgan fingerprint density at radius 2 is 1.83 bits per heavy atom. The standard InChI is InChI=1S/C37H54O5/c1-5-41-33(39)15-8-9-22-42-30-14-10-12-26(23-30)11-6-7-13-27-24-28-25-29(38)16-19-35(28,2)31-17-20-36(3)32(34(27)31)18-21-37(36,4)40/h10,12,14,23,25,27,31-32,34,40H,5-9,11,13,15-22,24H2,1-4H3/t27?,31?,32?,34?,35-,36-,37-/m0/s1. The van der Waals surface area contributed by atoms with Crippen LogP contribution in [0.4, 0.5) is 0 Å². The summed E-state index contributed by atoms with van der Waals surface area (Å²) in [6.45, 7) is 9.82. The van der Waals surface area contributed by atoms with Gasteiger partial charge in [0.15, 0.2) is 5.78 Å². The summed E-state index contributed by atoms with van der Waals surface area (Å²) in [5, 5.41) is 11.5. The predicted molar refractivity (Wildman–Crippen MR) is 166 cm³/mol. The third kappa shape index (κ3) is 6.23. The van der Waals surface area contributed by atoms with Gasteiger partial charge in [0.2, 0.25) is 0 Å². The summed E-state index contributed by atoms with van der Waals surface area (Å²) in [6.07, 6.45) is 15.8. The topological polar surface area (TPSA) is 72.8 Å². The zero-order valence-corrected chi connectivity index (χ0v) is 26.6. The molecule has 0 saturated heterocycles. The van der Waals surface area contributed by atoms with Crippen molar-refractivity contribution >= 4 is 11.8 Å². The van der Waals surface area contributed by atoms with Gasteiger partial charge in [-0.15, -0.1) is 0 Å². The van der Waals surface area contributed by atoms with Gasteiger partial charge in [-0.1, -0.05) is 38.0 Å². The quantitative estimate of drug-likeness (QED) is 0.201. The van der Waals surface area contributed by atoms with Gasteiger partial charge in [-0.05, 0) is 143 Å². The van der Waals surface area contributed by atoms with Gasteiger partial charge in [-0.25, -0.2) is 0 Å². The van der Waals surface area contributed by atoms with E-state index in [1.54, 1.807) is 0 Å². The molecule has 3 saturated carbocycles. The lowest BCUT2D eigenvalue weighted by Gasteiger charge is -2.61. The average molecular weight is 579 g/mol. The zero-order chi connectivity index (χ0) is 30.0. The lowest BCUT2D eigenvalue weighted by molar-refractivity contribution is -0.143. The Hall–Kier alpha value is -2.14. The van der Waals surface area contributed by atoms with E-state index in [2.05, 4.69) is 39.0 Å². The molecule has 5 rings (SSSR count). The van der Waals surface area contributed by atoms with Crippen LogP contribution in [0.2, 0.25) is 0 Å². The van der Waals surface area contributed by atoms with Crippen molar-refractivity contribution in [2.24, 2.45) is 34.5 Å². The van der Waals surface area contributed by atoms with Gasteiger partial charge in [0.25, 0.3) is 0 Å². The first kappa shape index (κ1) is 31.3. The van der Waals surface area contributed by atoms with E-state index in [0.29, 0.717) is 55.5 Å². The summed E-state index contributed by atoms with van der Waals surface area (Å²) in [4.78, 5) is 24.0. The van der Waals surface area contributed by atoms with Gasteiger partial charge in [0.05, 0.1) is 18.8 Å². The maximum Gasteiger partial charge on any atom is 0.305 e. The first-order chi connectivity index (χ1) is 20.1. The molecule has 5 nitrogen and oxygen atoms in total. The van der Waals surface area contributed by atoms with E-state index in [4.69, 9.17) is 9.47 Å². The second kappa shape index (κ2) is 12.8. The highest BCUT2D eigenvalue weighted by Gasteiger charge is 2.64. The van der Waals surface area contributed by atoms with Crippen LogP contribution in [0, 0.1) is 34.5 Å². The van der Waals surface area contributed by atoms with Gasteiger partial charge in [-0.3, -0.25) is 9.59 Å². The molecule has 0 amide bonds. The Morgan fingerprint density at radius 3 is 2.64 bits per heavy atom. The minimum atomic E-state index is -0.569. The van der Waals surface area contributed by atoms with Crippen LogP contribution in [0.25, 0.3) is 0 Å². The van der Waals surface area contributed by atoms with E-state index >= 15 is 0 Å². The highest BCUT2D eigenvalue weighted by molar-refractivity contribution is 5.91. The fourth-order valence-electron chi connectivity index (χ4n) is 9.57. The van der Waals surface area contributed by atoms with Crippen molar-refractivity contribution in [3.8, 4) is 5.75 Å². The van der Waals surface area contributed by atoms with Crippen molar-refractivity contribution in [2.75, 3.05) is 13.2 Å². The molecule has 0 aliphatic heterocycles. The van der Waals surface area contributed by atoms with E-state index in [1.807, 2.05) is 19.1 Å². The Kier molecular flexibility index (Phi) is 9.57. The number of benzene rings is 1. The van der Waals surface area contributed by atoms with Crippen molar-refractivity contribution in [3.63, 3.8) is 0 Å². The van der Waals surface area contributed by atoms with Gasteiger partial charge >= 0.3 is 5.97 Å². The highest BCUT2D eigenvalue weighted by Crippen LogP contribution is 2.69. The Balaban J connectivity index is 1.18. The van der Waals surface area contributed by atoms with E-state index < -0.39 is 5.60 Å². The summed E-state index contributed by atoms with van der Waals surface area (Å²) in [5.74, 6) is 3.56. The van der Waals surface area contributed by atoms with Crippen molar-refractivity contribution in [1.29, 1.82) is 0 Å². The molecule has 3 fully saturated rings. The van der Waals surface area contributed by atoms with Crippen LogP contribution < -0.4 is 4.74 Å². The number of ketones is 1. The van der Waals surface area contributed by atoms with Gasteiger partial charge in [-0.2, -0.15) is 0 Å². The molecule has 0 aromatic heterocycles. The van der Waals surface area contributed by atoms with Crippen LogP contribution in [-0.2, 0) is 20.7 Å². The number of carbonyl (C=O) groups excluding carboxylic acids is 2. The van der Waals surface area contributed by atoms with Crippen molar-refractivity contribution < 1.29 is 24.2 Å². The second-order valence-electron chi connectivity index (χ2n) is 14.6. The largest absolute Gasteiger partial charge is 0.494 e. The van der Waals surface area contributed by atoms with Crippen LogP contribution in [-0.4, -0.2) is 35.7 Å². The van der Waals surface area contributed by atoms with Crippen LogP contribution in [0.1, 0.15) is 117 Å². The Bertz CT molecular complexity index is 1150. The normalized spacial score (nSPS) is 35.5. The first-order valence-corrected chi connectivity index (χ1v) is 16.9. The van der Waals surface area contributed by atoms with Crippen molar-refractivity contribution in [2.45, 2.75) is 123 Å². The first-order valence-electron chi connectivity index (χ1n) is 16.9. The van der Waals surface area contributed by atoms with Crippen LogP contribution >= 0.6 is 0 Å². The van der Waals surface area contributed by atoms with Gasteiger partial charge in [0, 0.05) is 12.8 Å². The van der Waals surface area contributed by atoms with E-state index in [1.165, 1.54) is 30.4 Å². The molecule has 7 atom stereocenters. The van der Waals surface area contributed by atoms with E-state index in [9.17, 15) is 14.7 Å². The van der Waals surface area contributed by atoms with E-state index in [0.717, 1.165) is 63.5 Å². The molecule has 42 heavy (non-hydrogen) atoms. The van der Waals surface area contributed by atoms with Gasteiger partial charge < -0.3 is 14.6 Å². The number of aliphatic hydroxyl groups is 1. The van der Waals surface area contributed by atoms with Crippen LogP contribution in [0.3, 0.4) is 0 Å². The van der Waals surface area contributed by atoms with E-state index in [-0.39, 0.29) is 16.8 Å². The number of aryl methyl sites for hydroxylation is 1. The number of fused-ring (bicyclic) bond motifs is 5. The molecule has 4 aliphatic rings. The van der Waals surface area contributed by atoms with Gasteiger partial charge in [0.1, 0.15) is 5.75 Å². The molecule has 1 aromatic carbocycles. The SMILES string of the molecule is CCOC(=O)CCCCOc1cccc(CCCCC2CC3=CC(=O)CC[C@]3(C)C3CC[C@@]4(C)C(CC[C@]4(C)O)C23)c1. The molecule has 232 valence electrons. The van der Waals surface area contributed by atoms with Crippen molar-refractivity contribution in [1.82, 2.24) is 0 Å². The predicted octanol–water partition coefficient (Wildman–Crippen LogP) is 8.02. The minimum Gasteiger partial charge on any atom is -0.494 e. The molecule has 0 bridgehead atoms. The summed E-state index contributed by atoms with van der Waals surface area (Å²) in [5.41, 5.74) is 2.34. The summed E-state index contributed by atoms with van der Waals surface area (Å²) < 4.78 is 11.0. The number of allylic oxidation sites excluding steroid dienone is 1. The van der Waals surface area contributed by atoms with Crippen LogP contribution in [0.15, 0.2) is 35.9 Å². The third-order valence-electron chi connectivity index (χ3n) is 12.2. The molecule has 4 unspecified atom stereocenters. The fraction of sp³-hybridized carbons (Fsp3) is 0.730. The minimum absolute atomic E-state index is 0.00767.